The SMILES string of the molecule is CC(C)OC(=O)c1ccc(NC(=O)c2ccc(S(=O)(=O)N(C)C)cc2)cc1. The highest BCUT2D eigenvalue weighted by Gasteiger charge is 2.17. The van der Waals surface area contributed by atoms with Crippen molar-refractivity contribution < 1.29 is 22.7 Å². The summed E-state index contributed by atoms with van der Waals surface area (Å²) in [6.45, 7) is 3.53. The Bertz CT molecular complexity index is 918. The lowest BCUT2D eigenvalue weighted by atomic mass is 10.2. The quantitative estimate of drug-likeness (QED) is 0.766. The van der Waals surface area contributed by atoms with E-state index in [1.165, 1.54) is 38.4 Å². The van der Waals surface area contributed by atoms with Gasteiger partial charge in [-0.25, -0.2) is 17.5 Å². The van der Waals surface area contributed by atoms with Crippen molar-refractivity contribution in [2.45, 2.75) is 24.8 Å². The zero-order valence-electron chi connectivity index (χ0n) is 15.6. The predicted molar refractivity (Wildman–Crippen MR) is 102 cm³/mol. The molecule has 0 aliphatic rings. The Morgan fingerprint density at radius 1 is 0.926 bits per heavy atom. The van der Waals surface area contributed by atoms with Crippen LogP contribution in [0.1, 0.15) is 34.6 Å². The third-order valence-corrected chi connectivity index (χ3v) is 5.45. The third-order valence-electron chi connectivity index (χ3n) is 3.62. The predicted octanol–water partition coefficient (Wildman–Crippen LogP) is 2.75. The van der Waals surface area contributed by atoms with Gasteiger partial charge >= 0.3 is 5.97 Å². The molecule has 0 bridgehead atoms. The molecule has 0 unspecified atom stereocenters. The van der Waals surface area contributed by atoms with Crippen molar-refractivity contribution in [3.63, 3.8) is 0 Å². The molecule has 1 N–H and O–H groups in total. The number of ether oxygens (including phenoxy) is 1. The van der Waals surface area contributed by atoms with Gasteiger partial charge in [-0.15, -0.1) is 0 Å². The van der Waals surface area contributed by atoms with E-state index >= 15 is 0 Å². The van der Waals surface area contributed by atoms with Crippen molar-refractivity contribution in [3.05, 3.63) is 59.7 Å². The van der Waals surface area contributed by atoms with Crippen LogP contribution in [0.2, 0.25) is 0 Å². The Kier molecular flexibility index (Phi) is 6.35. The lowest BCUT2D eigenvalue weighted by Gasteiger charge is -2.12. The van der Waals surface area contributed by atoms with Crippen molar-refractivity contribution in [2.24, 2.45) is 0 Å². The van der Waals surface area contributed by atoms with Crippen LogP contribution in [0.5, 0.6) is 0 Å². The van der Waals surface area contributed by atoms with Crippen LogP contribution in [0.3, 0.4) is 0 Å². The van der Waals surface area contributed by atoms with Gasteiger partial charge in [0, 0.05) is 25.3 Å². The summed E-state index contributed by atoms with van der Waals surface area (Å²) in [5.74, 6) is -0.818. The molecule has 144 valence electrons. The molecular weight excluding hydrogens is 368 g/mol. The number of carbonyl (C=O) groups excluding carboxylic acids is 2. The molecule has 2 aromatic rings. The summed E-state index contributed by atoms with van der Waals surface area (Å²) < 4.78 is 30.3. The van der Waals surface area contributed by atoms with Crippen LogP contribution >= 0.6 is 0 Å². The van der Waals surface area contributed by atoms with Gasteiger partial charge in [-0.1, -0.05) is 0 Å². The molecule has 0 aromatic heterocycles. The number of anilines is 1. The van der Waals surface area contributed by atoms with E-state index in [2.05, 4.69) is 5.32 Å². The first-order chi connectivity index (χ1) is 12.6. The molecule has 0 heterocycles. The first kappa shape index (κ1) is 20.6. The molecule has 7 nitrogen and oxygen atoms in total. The van der Waals surface area contributed by atoms with Gasteiger partial charge in [0.15, 0.2) is 0 Å². The Labute approximate surface area is 159 Å². The minimum absolute atomic E-state index is 0.108. The molecule has 0 aliphatic heterocycles. The lowest BCUT2D eigenvalue weighted by molar-refractivity contribution is 0.0378. The van der Waals surface area contributed by atoms with Crippen molar-refractivity contribution in [2.75, 3.05) is 19.4 Å². The van der Waals surface area contributed by atoms with Crippen LogP contribution < -0.4 is 5.32 Å². The van der Waals surface area contributed by atoms with Gasteiger partial charge < -0.3 is 10.1 Å². The van der Waals surface area contributed by atoms with Crippen LogP contribution in [-0.2, 0) is 14.8 Å². The highest BCUT2D eigenvalue weighted by atomic mass is 32.2. The number of benzene rings is 2. The summed E-state index contributed by atoms with van der Waals surface area (Å²) >= 11 is 0. The fraction of sp³-hybridized carbons (Fsp3) is 0.263. The third kappa shape index (κ3) is 5.15. The second-order valence-corrected chi connectivity index (χ2v) is 8.45. The van der Waals surface area contributed by atoms with E-state index in [-0.39, 0.29) is 16.9 Å². The van der Waals surface area contributed by atoms with Gasteiger partial charge in [0.1, 0.15) is 0 Å². The van der Waals surface area contributed by atoms with Crippen molar-refractivity contribution >= 4 is 27.6 Å². The van der Waals surface area contributed by atoms with E-state index in [0.29, 0.717) is 16.8 Å². The highest BCUT2D eigenvalue weighted by molar-refractivity contribution is 7.89. The Morgan fingerprint density at radius 2 is 1.44 bits per heavy atom. The zero-order valence-corrected chi connectivity index (χ0v) is 16.4. The van der Waals surface area contributed by atoms with Crippen LogP contribution in [0.4, 0.5) is 5.69 Å². The maximum Gasteiger partial charge on any atom is 0.338 e. The van der Waals surface area contributed by atoms with Crippen molar-refractivity contribution in [3.8, 4) is 0 Å². The molecule has 0 radical (unpaired) electrons. The fourth-order valence-corrected chi connectivity index (χ4v) is 3.07. The molecule has 0 spiro atoms. The van der Waals surface area contributed by atoms with Crippen molar-refractivity contribution in [1.82, 2.24) is 4.31 Å². The van der Waals surface area contributed by atoms with E-state index in [1.54, 1.807) is 38.1 Å². The Morgan fingerprint density at radius 3 is 1.93 bits per heavy atom. The fourth-order valence-electron chi connectivity index (χ4n) is 2.16. The van der Waals surface area contributed by atoms with Gasteiger partial charge in [-0.2, -0.15) is 0 Å². The molecule has 2 aromatic carbocycles. The Balaban J connectivity index is 2.08. The van der Waals surface area contributed by atoms with E-state index in [9.17, 15) is 18.0 Å². The largest absolute Gasteiger partial charge is 0.459 e. The second-order valence-electron chi connectivity index (χ2n) is 6.30. The number of hydrogen-bond donors (Lipinski definition) is 1. The monoisotopic (exact) mass is 390 g/mol. The molecule has 8 heteroatoms. The van der Waals surface area contributed by atoms with E-state index in [0.717, 1.165) is 4.31 Å². The van der Waals surface area contributed by atoms with Crippen LogP contribution in [0, 0.1) is 0 Å². The summed E-state index contributed by atoms with van der Waals surface area (Å²) in [5, 5.41) is 2.70. The topological polar surface area (TPSA) is 92.8 Å². The second kappa shape index (κ2) is 8.32. The highest BCUT2D eigenvalue weighted by Crippen LogP contribution is 2.16. The van der Waals surface area contributed by atoms with Gasteiger partial charge in [-0.3, -0.25) is 4.79 Å². The maximum atomic E-state index is 12.3. The summed E-state index contributed by atoms with van der Waals surface area (Å²) in [6.07, 6.45) is -0.212. The molecule has 0 saturated carbocycles. The number of esters is 1. The molecule has 0 fully saturated rings. The summed E-state index contributed by atoms with van der Waals surface area (Å²) in [6, 6.07) is 12.0. The van der Waals surface area contributed by atoms with E-state index in [1.807, 2.05) is 0 Å². The van der Waals surface area contributed by atoms with E-state index < -0.39 is 16.0 Å². The van der Waals surface area contributed by atoms with Crippen LogP contribution in [0.15, 0.2) is 53.4 Å². The Hall–Kier alpha value is -2.71. The average Bonchev–Trinajstić information content (AvgIpc) is 2.61. The number of rotatable bonds is 6. The molecular formula is C19H22N2O5S. The summed E-state index contributed by atoms with van der Waals surface area (Å²) in [7, 11) is -0.660. The maximum absolute atomic E-state index is 12.3. The van der Waals surface area contributed by atoms with Crippen LogP contribution in [0.25, 0.3) is 0 Å². The first-order valence-corrected chi connectivity index (χ1v) is 9.70. The summed E-state index contributed by atoms with van der Waals surface area (Å²) in [4.78, 5) is 24.2. The van der Waals surface area contributed by atoms with Gasteiger partial charge in [0.2, 0.25) is 10.0 Å². The molecule has 1 amide bonds. The normalized spacial score (nSPS) is 11.5. The number of carbonyl (C=O) groups is 2. The zero-order chi connectivity index (χ0) is 20.2. The summed E-state index contributed by atoms with van der Waals surface area (Å²) in [5.41, 5.74) is 1.21. The average molecular weight is 390 g/mol. The number of hydrogen-bond acceptors (Lipinski definition) is 5. The molecule has 2 rings (SSSR count). The van der Waals surface area contributed by atoms with Gasteiger partial charge in [0.05, 0.1) is 16.6 Å². The standard InChI is InChI=1S/C19H22N2O5S/c1-13(2)26-19(23)15-5-9-16(10-6-15)20-18(22)14-7-11-17(12-8-14)27(24,25)21(3)4/h5-13H,1-4H3,(H,20,22). The smallest absolute Gasteiger partial charge is 0.338 e. The number of sulfonamides is 1. The first-order valence-electron chi connectivity index (χ1n) is 8.26. The number of amides is 1. The van der Waals surface area contributed by atoms with Crippen molar-refractivity contribution in [1.29, 1.82) is 0 Å². The van der Waals surface area contributed by atoms with Gasteiger partial charge in [-0.05, 0) is 62.4 Å². The van der Waals surface area contributed by atoms with E-state index in [4.69, 9.17) is 4.74 Å². The van der Waals surface area contributed by atoms with Gasteiger partial charge in [0.25, 0.3) is 5.91 Å². The molecule has 0 aliphatic carbocycles. The minimum atomic E-state index is -3.54. The molecule has 27 heavy (non-hydrogen) atoms. The lowest BCUT2D eigenvalue weighted by Crippen LogP contribution is -2.22. The number of nitrogens with one attached hydrogen (secondary N) is 1. The minimum Gasteiger partial charge on any atom is -0.459 e. The molecule has 0 atom stereocenters. The number of nitrogens with zero attached hydrogens (tertiary/aromatic N) is 1. The van der Waals surface area contributed by atoms with Crippen LogP contribution in [-0.4, -0.2) is 44.8 Å². The molecule has 0 saturated heterocycles.